The fourth-order valence-corrected chi connectivity index (χ4v) is 3.95. The number of benzene rings is 1. The van der Waals surface area contributed by atoms with E-state index in [4.69, 9.17) is 21.6 Å². The van der Waals surface area contributed by atoms with Crippen LogP contribution in [0.1, 0.15) is 18.5 Å². The Morgan fingerprint density at radius 3 is 2.79 bits per heavy atom. The minimum Gasteiger partial charge on any atom is -0.376 e. The zero-order chi connectivity index (χ0) is 19.5. The van der Waals surface area contributed by atoms with E-state index in [2.05, 4.69) is 15.2 Å². The molecule has 0 bridgehead atoms. The summed E-state index contributed by atoms with van der Waals surface area (Å²) in [5, 5.41) is 19.3. The third-order valence-corrected chi connectivity index (χ3v) is 5.58. The standard InChI is InChI=1S/C19H15ClFN5OS/c20-15-7-8-17(23-16(15)10-22)28-19-25-24-18(12-3-5-13(21)6-4-12)26(19)11-14-2-1-9-27-14/h3-8,14H,1-2,9,11H2. The van der Waals surface area contributed by atoms with Gasteiger partial charge in [-0.15, -0.1) is 10.2 Å². The molecule has 142 valence electrons. The van der Waals surface area contributed by atoms with E-state index in [0.29, 0.717) is 27.6 Å². The van der Waals surface area contributed by atoms with Gasteiger partial charge >= 0.3 is 0 Å². The lowest BCUT2D eigenvalue weighted by Crippen LogP contribution is -2.16. The molecule has 1 atom stereocenters. The highest BCUT2D eigenvalue weighted by Crippen LogP contribution is 2.31. The molecule has 1 aliphatic rings. The van der Waals surface area contributed by atoms with Gasteiger partial charge in [-0.25, -0.2) is 9.37 Å². The number of hydrogen-bond donors (Lipinski definition) is 0. The van der Waals surface area contributed by atoms with E-state index >= 15 is 0 Å². The molecular weight excluding hydrogens is 401 g/mol. The average molecular weight is 416 g/mol. The highest BCUT2D eigenvalue weighted by molar-refractivity contribution is 7.99. The Morgan fingerprint density at radius 1 is 1.25 bits per heavy atom. The molecule has 3 heterocycles. The summed E-state index contributed by atoms with van der Waals surface area (Å²) in [5.74, 6) is 0.324. The first-order chi connectivity index (χ1) is 13.6. The van der Waals surface area contributed by atoms with Gasteiger partial charge in [0.2, 0.25) is 0 Å². The molecule has 2 aromatic heterocycles. The van der Waals surface area contributed by atoms with Crippen LogP contribution in [0.5, 0.6) is 0 Å². The Kier molecular flexibility index (Phi) is 5.57. The van der Waals surface area contributed by atoms with Gasteiger partial charge in [-0.3, -0.25) is 4.57 Å². The van der Waals surface area contributed by atoms with Crippen molar-refractivity contribution in [3.05, 3.63) is 52.9 Å². The SMILES string of the molecule is N#Cc1nc(Sc2nnc(-c3ccc(F)cc3)n2CC2CCCO2)ccc1Cl. The Bertz CT molecular complexity index is 1030. The molecule has 1 aliphatic heterocycles. The molecule has 1 aromatic carbocycles. The summed E-state index contributed by atoms with van der Waals surface area (Å²) in [6, 6.07) is 11.5. The Balaban J connectivity index is 1.70. The van der Waals surface area contributed by atoms with Gasteiger partial charge in [-0.2, -0.15) is 5.26 Å². The lowest BCUT2D eigenvalue weighted by molar-refractivity contribution is 0.0953. The summed E-state index contributed by atoms with van der Waals surface area (Å²) < 4.78 is 21.0. The van der Waals surface area contributed by atoms with Crippen molar-refractivity contribution in [3.63, 3.8) is 0 Å². The molecule has 9 heteroatoms. The minimum atomic E-state index is -0.307. The van der Waals surface area contributed by atoms with Crippen molar-refractivity contribution < 1.29 is 9.13 Å². The first-order valence-corrected chi connectivity index (χ1v) is 9.89. The second kappa shape index (κ2) is 8.27. The second-order valence-corrected chi connectivity index (χ2v) is 7.65. The van der Waals surface area contributed by atoms with Crippen molar-refractivity contribution in [1.29, 1.82) is 5.26 Å². The van der Waals surface area contributed by atoms with Gasteiger partial charge in [-0.1, -0.05) is 11.6 Å². The average Bonchev–Trinajstić information content (AvgIpc) is 3.35. The fourth-order valence-electron chi connectivity index (χ4n) is 2.99. The number of nitriles is 1. The highest BCUT2D eigenvalue weighted by atomic mass is 35.5. The largest absolute Gasteiger partial charge is 0.376 e. The molecular formula is C19H15ClFN5OS. The van der Waals surface area contributed by atoms with Gasteiger partial charge in [0.25, 0.3) is 0 Å². The molecule has 1 fully saturated rings. The number of nitrogens with zero attached hydrogens (tertiary/aromatic N) is 5. The van der Waals surface area contributed by atoms with Gasteiger partial charge in [0.05, 0.1) is 17.7 Å². The van der Waals surface area contributed by atoms with Crippen molar-refractivity contribution in [2.24, 2.45) is 0 Å². The van der Waals surface area contributed by atoms with Gasteiger partial charge in [0.1, 0.15) is 16.9 Å². The quantitative estimate of drug-likeness (QED) is 0.617. The number of rotatable bonds is 5. The molecule has 28 heavy (non-hydrogen) atoms. The third kappa shape index (κ3) is 4.02. The van der Waals surface area contributed by atoms with E-state index in [0.717, 1.165) is 25.0 Å². The maximum atomic E-state index is 13.3. The van der Waals surface area contributed by atoms with E-state index in [1.54, 1.807) is 24.3 Å². The molecule has 3 aromatic rings. The lowest BCUT2D eigenvalue weighted by Gasteiger charge is -2.14. The van der Waals surface area contributed by atoms with Crippen molar-refractivity contribution >= 4 is 23.4 Å². The van der Waals surface area contributed by atoms with E-state index in [-0.39, 0.29) is 17.6 Å². The van der Waals surface area contributed by atoms with Crippen molar-refractivity contribution in [1.82, 2.24) is 19.7 Å². The van der Waals surface area contributed by atoms with E-state index in [1.165, 1.54) is 23.9 Å². The van der Waals surface area contributed by atoms with Crippen molar-refractivity contribution in [2.75, 3.05) is 6.61 Å². The van der Waals surface area contributed by atoms with Crippen LogP contribution in [0.25, 0.3) is 11.4 Å². The van der Waals surface area contributed by atoms with Gasteiger partial charge in [-0.05, 0) is 61.0 Å². The molecule has 0 amide bonds. The predicted octanol–water partition coefficient (Wildman–Crippen LogP) is 4.33. The van der Waals surface area contributed by atoms with Gasteiger partial charge in [0.15, 0.2) is 16.7 Å². The van der Waals surface area contributed by atoms with Crippen LogP contribution in [-0.4, -0.2) is 32.5 Å². The van der Waals surface area contributed by atoms with Crippen molar-refractivity contribution in [2.45, 2.75) is 35.7 Å². The summed E-state index contributed by atoms with van der Waals surface area (Å²) in [4.78, 5) is 4.26. The molecule has 1 unspecified atom stereocenters. The summed E-state index contributed by atoms with van der Waals surface area (Å²) >= 11 is 7.26. The second-order valence-electron chi connectivity index (χ2n) is 6.25. The molecule has 0 N–H and O–H groups in total. The molecule has 1 saturated heterocycles. The molecule has 6 nitrogen and oxygen atoms in total. The van der Waals surface area contributed by atoms with Gasteiger partial charge in [0, 0.05) is 12.2 Å². The van der Waals surface area contributed by atoms with E-state index < -0.39 is 0 Å². The molecule has 0 aliphatic carbocycles. The first-order valence-electron chi connectivity index (χ1n) is 8.69. The van der Waals surface area contributed by atoms with Gasteiger partial charge < -0.3 is 4.74 Å². The Morgan fingerprint density at radius 2 is 2.07 bits per heavy atom. The number of ether oxygens (including phenoxy) is 1. The molecule has 0 radical (unpaired) electrons. The molecule has 0 spiro atoms. The van der Waals surface area contributed by atoms with Crippen LogP contribution in [0.3, 0.4) is 0 Å². The van der Waals surface area contributed by atoms with E-state index in [1.807, 2.05) is 10.6 Å². The number of hydrogen-bond acceptors (Lipinski definition) is 6. The zero-order valence-corrected chi connectivity index (χ0v) is 16.3. The normalized spacial score (nSPS) is 16.2. The number of aromatic nitrogens is 4. The third-order valence-electron chi connectivity index (χ3n) is 4.35. The maximum absolute atomic E-state index is 13.3. The summed E-state index contributed by atoms with van der Waals surface area (Å²) in [5.41, 5.74) is 0.927. The van der Waals surface area contributed by atoms with Crippen LogP contribution in [0.2, 0.25) is 5.02 Å². The Labute approximate surface area is 170 Å². The number of halogens is 2. The Hall–Kier alpha value is -2.47. The molecule has 0 saturated carbocycles. The first kappa shape index (κ1) is 18.9. The van der Waals surface area contributed by atoms with Crippen molar-refractivity contribution in [3.8, 4) is 17.5 Å². The summed E-state index contributed by atoms with van der Waals surface area (Å²) in [6.45, 7) is 1.33. The maximum Gasteiger partial charge on any atom is 0.197 e. The number of pyridine rings is 1. The fraction of sp³-hybridized carbons (Fsp3) is 0.263. The van der Waals surface area contributed by atoms with E-state index in [9.17, 15) is 4.39 Å². The smallest absolute Gasteiger partial charge is 0.197 e. The topological polar surface area (TPSA) is 76.6 Å². The summed E-state index contributed by atoms with van der Waals surface area (Å²) in [6.07, 6.45) is 2.05. The van der Waals surface area contributed by atoms with Crippen LogP contribution in [0, 0.1) is 17.1 Å². The van der Waals surface area contributed by atoms with Crippen LogP contribution in [0.4, 0.5) is 4.39 Å². The van der Waals surface area contributed by atoms with Crippen LogP contribution >= 0.6 is 23.4 Å². The van der Waals surface area contributed by atoms with Crippen LogP contribution in [0.15, 0.2) is 46.6 Å². The predicted molar refractivity (Wildman–Crippen MR) is 102 cm³/mol. The highest BCUT2D eigenvalue weighted by Gasteiger charge is 2.22. The zero-order valence-electron chi connectivity index (χ0n) is 14.7. The van der Waals surface area contributed by atoms with Crippen LogP contribution in [-0.2, 0) is 11.3 Å². The summed E-state index contributed by atoms with van der Waals surface area (Å²) in [7, 11) is 0. The minimum absolute atomic E-state index is 0.0717. The van der Waals surface area contributed by atoms with Crippen LogP contribution < -0.4 is 0 Å². The molecule has 4 rings (SSSR count). The monoisotopic (exact) mass is 415 g/mol. The lowest BCUT2D eigenvalue weighted by atomic mass is 10.2.